The lowest BCUT2D eigenvalue weighted by Crippen LogP contribution is -2.34. The summed E-state index contributed by atoms with van der Waals surface area (Å²) >= 11 is 6.41. The molecule has 1 aromatic heterocycles. The summed E-state index contributed by atoms with van der Waals surface area (Å²) < 4.78 is 5.95. The van der Waals surface area contributed by atoms with E-state index in [4.69, 9.17) is 16.0 Å². The number of halogens is 1. The molecule has 1 heterocycles. The van der Waals surface area contributed by atoms with E-state index in [2.05, 4.69) is 4.98 Å². The Balaban J connectivity index is 1.67. The molecule has 0 aliphatic heterocycles. The molecule has 1 amide bonds. The molecule has 0 aliphatic rings. The molecule has 4 aromatic rings. The van der Waals surface area contributed by atoms with Crippen LogP contribution in [0.3, 0.4) is 0 Å². The summed E-state index contributed by atoms with van der Waals surface area (Å²) in [6.07, 6.45) is 0.703. The van der Waals surface area contributed by atoms with E-state index >= 15 is 0 Å². The van der Waals surface area contributed by atoms with Gasteiger partial charge in [0.25, 0.3) is 0 Å². The molecular formula is C26H25ClN2O2. The number of hydrogen-bond donors (Lipinski definition) is 0. The van der Waals surface area contributed by atoms with E-state index in [1.807, 2.05) is 86.6 Å². The second-order valence-corrected chi connectivity index (χ2v) is 8.14. The number of carbonyl (C=O) groups excluding carboxylic acids is 1. The lowest BCUT2D eigenvalue weighted by molar-refractivity contribution is -0.134. The lowest BCUT2D eigenvalue weighted by atomic mass is 9.94. The average molecular weight is 433 g/mol. The van der Waals surface area contributed by atoms with Crippen LogP contribution in [0, 0.1) is 6.92 Å². The molecule has 5 heteroatoms. The van der Waals surface area contributed by atoms with Crippen LogP contribution in [0.25, 0.3) is 11.1 Å². The second kappa shape index (κ2) is 9.36. The molecule has 4 rings (SSSR count). The lowest BCUT2D eigenvalue weighted by Gasteiger charge is -2.26. The molecule has 0 fully saturated rings. The smallest absolute Gasteiger partial charge is 0.230 e. The fourth-order valence-electron chi connectivity index (χ4n) is 3.82. The third-order valence-corrected chi connectivity index (χ3v) is 5.82. The molecule has 4 nitrogen and oxygen atoms in total. The maximum atomic E-state index is 13.7. The van der Waals surface area contributed by atoms with E-state index < -0.39 is 0 Å². The van der Waals surface area contributed by atoms with Gasteiger partial charge in [0.15, 0.2) is 5.58 Å². The van der Waals surface area contributed by atoms with Gasteiger partial charge in [-0.25, -0.2) is 4.98 Å². The summed E-state index contributed by atoms with van der Waals surface area (Å²) in [6.45, 7) is 4.72. The van der Waals surface area contributed by atoms with Crippen molar-refractivity contribution in [1.82, 2.24) is 9.88 Å². The molecule has 0 bridgehead atoms. The molecule has 31 heavy (non-hydrogen) atoms. The van der Waals surface area contributed by atoms with E-state index in [0.717, 1.165) is 27.8 Å². The van der Waals surface area contributed by atoms with Crippen LogP contribution in [-0.2, 0) is 17.9 Å². The highest BCUT2D eigenvalue weighted by Gasteiger charge is 2.26. The highest BCUT2D eigenvalue weighted by Crippen LogP contribution is 2.27. The van der Waals surface area contributed by atoms with Crippen LogP contribution in [0.4, 0.5) is 0 Å². The molecule has 158 valence electrons. The predicted molar refractivity (Wildman–Crippen MR) is 124 cm³/mol. The normalized spacial score (nSPS) is 12.1. The van der Waals surface area contributed by atoms with Gasteiger partial charge in [-0.05, 0) is 48.2 Å². The van der Waals surface area contributed by atoms with Crippen LogP contribution < -0.4 is 0 Å². The number of fused-ring (bicyclic) bond motifs is 1. The van der Waals surface area contributed by atoms with Gasteiger partial charge in [0.1, 0.15) is 5.52 Å². The standard InChI is InChI=1S/C26H25ClN2O2/c1-3-21(19-9-5-4-6-10-19)26(30)29(16-20-11-7-8-12-22(20)27)17-25-28-23-15-18(2)13-14-24(23)31-25/h4-15,21H,3,16-17H2,1-2H3. The minimum absolute atomic E-state index is 0.0343. The number of nitrogens with zero attached hydrogens (tertiary/aromatic N) is 2. The van der Waals surface area contributed by atoms with Gasteiger partial charge in [0.2, 0.25) is 11.8 Å². The van der Waals surface area contributed by atoms with Crippen molar-refractivity contribution in [3.05, 3.63) is 100 Å². The number of benzene rings is 3. The summed E-state index contributed by atoms with van der Waals surface area (Å²) in [5.41, 5.74) is 4.54. The Morgan fingerprint density at radius 1 is 1.03 bits per heavy atom. The van der Waals surface area contributed by atoms with Gasteiger partial charge in [-0.3, -0.25) is 4.79 Å². The Hall–Kier alpha value is -3.11. The molecule has 0 N–H and O–H groups in total. The number of hydrogen-bond acceptors (Lipinski definition) is 3. The van der Waals surface area contributed by atoms with Crippen molar-refractivity contribution in [3.63, 3.8) is 0 Å². The number of aromatic nitrogens is 1. The Morgan fingerprint density at radius 3 is 2.52 bits per heavy atom. The van der Waals surface area contributed by atoms with Crippen LogP contribution in [0.5, 0.6) is 0 Å². The van der Waals surface area contributed by atoms with Gasteiger partial charge in [-0.2, -0.15) is 0 Å². The SMILES string of the molecule is CCC(C(=O)N(Cc1nc2cc(C)ccc2o1)Cc1ccccc1Cl)c1ccccc1. The molecule has 1 unspecified atom stereocenters. The molecule has 0 spiro atoms. The van der Waals surface area contributed by atoms with Crippen molar-refractivity contribution < 1.29 is 9.21 Å². The number of amides is 1. The van der Waals surface area contributed by atoms with Crippen molar-refractivity contribution in [2.24, 2.45) is 0 Å². The van der Waals surface area contributed by atoms with Crippen molar-refractivity contribution in [2.75, 3.05) is 0 Å². The Morgan fingerprint density at radius 2 is 1.77 bits per heavy atom. The van der Waals surface area contributed by atoms with Gasteiger partial charge >= 0.3 is 0 Å². The first-order valence-electron chi connectivity index (χ1n) is 10.5. The quantitative estimate of drug-likeness (QED) is 0.334. The topological polar surface area (TPSA) is 46.3 Å². The minimum Gasteiger partial charge on any atom is -0.439 e. The first-order chi connectivity index (χ1) is 15.0. The average Bonchev–Trinajstić information content (AvgIpc) is 3.17. The van der Waals surface area contributed by atoms with Crippen LogP contribution >= 0.6 is 11.6 Å². The number of aryl methyl sites for hydroxylation is 1. The Labute approximate surface area is 187 Å². The number of rotatable bonds is 7. The van der Waals surface area contributed by atoms with E-state index in [9.17, 15) is 4.79 Å². The summed E-state index contributed by atoms with van der Waals surface area (Å²) in [5, 5.41) is 0.640. The van der Waals surface area contributed by atoms with Crippen LogP contribution in [-0.4, -0.2) is 15.8 Å². The second-order valence-electron chi connectivity index (χ2n) is 7.74. The molecule has 0 aliphatic carbocycles. The summed E-state index contributed by atoms with van der Waals surface area (Å²) in [6, 6.07) is 23.4. The molecule has 0 saturated carbocycles. The van der Waals surface area contributed by atoms with Crippen molar-refractivity contribution >= 4 is 28.6 Å². The first kappa shape index (κ1) is 21.1. The zero-order valence-corrected chi connectivity index (χ0v) is 18.5. The largest absolute Gasteiger partial charge is 0.439 e. The highest BCUT2D eigenvalue weighted by atomic mass is 35.5. The fourth-order valence-corrected chi connectivity index (χ4v) is 4.01. The van der Waals surface area contributed by atoms with Crippen LogP contribution in [0.15, 0.2) is 77.2 Å². The first-order valence-corrected chi connectivity index (χ1v) is 10.9. The third kappa shape index (κ3) is 4.80. The summed E-state index contributed by atoms with van der Waals surface area (Å²) in [4.78, 5) is 20.1. The maximum Gasteiger partial charge on any atom is 0.230 e. The minimum atomic E-state index is -0.240. The van der Waals surface area contributed by atoms with E-state index in [-0.39, 0.29) is 18.4 Å². The van der Waals surface area contributed by atoms with Crippen LogP contribution in [0.2, 0.25) is 5.02 Å². The third-order valence-electron chi connectivity index (χ3n) is 5.45. The van der Waals surface area contributed by atoms with Gasteiger partial charge in [-0.15, -0.1) is 0 Å². The van der Waals surface area contributed by atoms with Crippen molar-refractivity contribution in [3.8, 4) is 0 Å². The van der Waals surface area contributed by atoms with Crippen molar-refractivity contribution in [2.45, 2.75) is 39.3 Å². The number of oxazole rings is 1. The highest BCUT2D eigenvalue weighted by molar-refractivity contribution is 6.31. The van der Waals surface area contributed by atoms with E-state index in [1.54, 1.807) is 4.90 Å². The molecule has 0 radical (unpaired) electrons. The molecule has 3 aromatic carbocycles. The summed E-state index contributed by atoms with van der Waals surface area (Å²) in [5.74, 6) is 0.311. The van der Waals surface area contributed by atoms with Gasteiger partial charge in [-0.1, -0.05) is 73.1 Å². The zero-order valence-electron chi connectivity index (χ0n) is 17.7. The predicted octanol–water partition coefficient (Wildman–Crippen LogP) is 6.51. The summed E-state index contributed by atoms with van der Waals surface area (Å²) in [7, 11) is 0. The van der Waals surface area contributed by atoms with E-state index in [1.165, 1.54) is 0 Å². The molecule has 0 saturated heterocycles. The maximum absolute atomic E-state index is 13.7. The fraction of sp³-hybridized carbons (Fsp3) is 0.231. The van der Waals surface area contributed by atoms with Crippen molar-refractivity contribution in [1.29, 1.82) is 0 Å². The zero-order chi connectivity index (χ0) is 21.8. The Bertz CT molecular complexity index is 1190. The van der Waals surface area contributed by atoms with Gasteiger partial charge < -0.3 is 9.32 Å². The Kier molecular flexibility index (Phi) is 6.38. The van der Waals surface area contributed by atoms with Gasteiger partial charge in [0, 0.05) is 11.6 Å². The number of carbonyl (C=O) groups is 1. The monoisotopic (exact) mass is 432 g/mol. The van der Waals surface area contributed by atoms with Gasteiger partial charge in [0.05, 0.1) is 12.5 Å². The van der Waals surface area contributed by atoms with Crippen LogP contribution in [0.1, 0.15) is 41.8 Å². The molecule has 1 atom stereocenters. The van der Waals surface area contributed by atoms with E-state index in [0.29, 0.717) is 23.9 Å². The molecular weight excluding hydrogens is 408 g/mol.